The van der Waals surface area contributed by atoms with Gasteiger partial charge in [-0.2, -0.15) is 8.42 Å². The van der Waals surface area contributed by atoms with Crippen LogP contribution in [0.3, 0.4) is 0 Å². The standard InChI is InChI=1S/C9H21P.H2O4S/c1-8(2,3)10(7)9(4,5)6;1-5(2,3)4/h1-7H3;(H2,1,2,3,4). The molecule has 0 fully saturated rings. The molecule has 0 spiro atoms. The first kappa shape index (κ1) is 17.7. The Morgan fingerprint density at radius 2 is 1.00 bits per heavy atom. The summed E-state index contributed by atoms with van der Waals surface area (Å²) in [6.07, 6.45) is 0. The van der Waals surface area contributed by atoms with Crippen LogP contribution in [-0.4, -0.2) is 34.5 Å². The fourth-order valence-corrected chi connectivity index (χ4v) is 3.02. The van der Waals surface area contributed by atoms with Crippen LogP contribution in [0.5, 0.6) is 0 Å². The van der Waals surface area contributed by atoms with Gasteiger partial charge in [0.05, 0.1) is 0 Å². The predicted molar refractivity (Wildman–Crippen MR) is 66.5 cm³/mol. The summed E-state index contributed by atoms with van der Waals surface area (Å²) in [5.41, 5.74) is 0. The molecular weight excluding hydrogens is 235 g/mol. The maximum atomic E-state index is 8.74. The quantitative estimate of drug-likeness (QED) is 0.517. The molecule has 0 aliphatic heterocycles. The van der Waals surface area contributed by atoms with Crippen molar-refractivity contribution in [3.8, 4) is 0 Å². The Balaban J connectivity index is 0. The smallest absolute Gasteiger partial charge is 0.264 e. The highest BCUT2D eigenvalue weighted by Gasteiger charge is 2.29. The molecule has 15 heavy (non-hydrogen) atoms. The highest BCUT2D eigenvalue weighted by molar-refractivity contribution is 7.79. The third-order valence-corrected chi connectivity index (χ3v) is 6.04. The summed E-state index contributed by atoms with van der Waals surface area (Å²) >= 11 is 0. The first-order valence-corrected chi connectivity index (χ1v) is 7.78. The van der Waals surface area contributed by atoms with Gasteiger partial charge in [0, 0.05) is 0 Å². The molecule has 2 N–H and O–H groups in total. The van der Waals surface area contributed by atoms with Gasteiger partial charge in [0.1, 0.15) is 0 Å². The number of hydrogen-bond acceptors (Lipinski definition) is 2. The summed E-state index contributed by atoms with van der Waals surface area (Å²) in [4.78, 5) is 0. The Bertz CT molecular complexity index is 249. The highest BCUT2D eigenvalue weighted by atomic mass is 32.3. The van der Waals surface area contributed by atoms with Crippen LogP contribution in [0.2, 0.25) is 0 Å². The molecule has 0 saturated carbocycles. The summed E-state index contributed by atoms with van der Waals surface area (Å²) in [5.74, 6) is 0. The summed E-state index contributed by atoms with van der Waals surface area (Å²) in [6.45, 7) is 16.4. The Kier molecular flexibility index (Phi) is 6.57. The second-order valence-corrected chi connectivity index (χ2v) is 10.0. The average molecular weight is 258 g/mol. The molecule has 0 atom stereocenters. The Morgan fingerprint density at radius 1 is 0.867 bits per heavy atom. The van der Waals surface area contributed by atoms with Gasteiger partial charge in [-0.1, -0.05) is 49.5 Å². The molecule has 0 rings (SSSR count). The van der Waals surface area contributed by atoms with Gasteiger partial charge >= 0.3 is 10.4 Å². The van der Waals surface area contributed by atoms with Gasteiger partial charge in [0.25, 0.3) is 0 Å². The second kappa shape index (κ2) is 5.58. The van der Waals surface area contributed by atoms with Crippen molar-refractivity contribution in [3.05, 3.63) is 0 Å². The van der Waals surface area contributed by atoms with Crippen molar-refractivity contribution < 1.29 is 17.5 Å². The molecule has 0 aliphatic rings. The van der Waals surface area contributed by atoms with Crippen molar-refractivity contribution in [2.24, 2.45) is 0 Å². The molecule has 0 aromatic rings. The van der Waals surface area contributed by atoms with Gasteiger partial charge in [-0.05, 0) is 17.0 Å². The van der Waals surface area contributed by atoms with Crippen LogP contribution in [0.4, 0.5) is 0 Å². The summed E-state index contributed by atoms with van der Waals surface area (Å²) in [7, 11) is -4.53. The van der Waals surface area contributed by atoms with Gasteiger partial charge in [-0.3, -0.25) is 9.11 Å². The molecular formula is C9H23O4PS. The fourth-order valence-electron chi connectivity index (χ4n) is 1.01. The van der Waals surface area contributed by atoms with Crippen molar-refractivity contribution in [2.45, 2.75) is 51.9 Å². The highest BCUT2D eigenvalue weighted by Crippen LogP contribution is 2.55. The van der Waals surface area contributed by atoms with Crippen LogP contribution in [0, 0.1) is 0 Å². The van der Waals surface area contributed by atoms with Crippen molar-refractivity contribution >= 4 is 18.3 Å². The van der Waals surface area contributed by atoms with Crippen LogP contribution in [0.25, 0.3) is 0 Å². The van der Waals surface area contributed by atoms with Crippen molar-refractivity contribution in [3.63, 3.8) is 0 Å². The maximum absolute atomic E-state index is 8.74. The van der Waals surface area contributed by atoms with Crippen LogP contribution in [0.15, 0.2) is 0 Å². The minimum absolute atomic E-state index is 0.137. The number of rotatable bonds is 0. The van der Waals surface area contributed by atoms with E-state index in [2.05, 4.69) is 48.2 Å². The summed E-state index contributed by atoms with van der Waals surface area (Å²) in [5, 5.41) is 1.02. The predicted octanol–water partition coefficient (Wildman–Crippen LogP) is 3.04. The van der Waals surface area contributed by atoms with Gasteiger partial charge in [-0.25, -0.2) is 0 Å². The van der Waals surface area contributed by atoms with E-state index in [0.717, 1.165) is 0 Å². The molecule has 0 heterocycles. The minimum Gasteiger partial charge on any atom is -0.264 e. The van der Waals surface area contributed by atoms with E-state index >= 15 is 0 Å². The lowest BCUT2D eigenvalue weighted by molar-refractivity contribution is 0.381. The minimum atomic E-state index is -4.67. The lowest BCUT2D eigenvalue weighted by Gasteiger charge is -2.38. The van der Waals surface area contributed by atoms with Crippen LogP contribution >= 0.6 is 7.92 Å². The maximum Gasteiger partial charge on any atom is 0.394 e. The first-order chi connectivity index (χ1) is 6.15. The van der Waals surface area contributed by atoms with Crippen LogP contribution in [-0.2, 0) is 10.4 Å². The van der Waals surface area contributed by atoms with E-state index in [4.69, 9.17) is 17.5 Å². The normalized spacial score (nSPS) is 13.5. The topological polar surface area (TPSA) is 74.6 Å². The zero-order chi connectivity index (χ0) is 13.1. The van der Waals surface area contributed by atoms with Gasteiger partial charge < -0.3 is 0 Å². The molecule has 0 radical (unpaired) electrons. The lowest BCUT2D eigenvalue weighted by atomic mass is 10.2. The molecule has 0 bridgehead atoms. The van der Waals surface area contributed by atoms with E-state index in [1.165, 1.54) is 0 Å². The molecule has 0 saturated heterocycles. The third-order valence-electron chi connectivity index (χ3n) is 2.01. The zero-order valence-corrected chi connectivity index (χ0v) is 12.3. The van der Waals surface area contributed by atoms with Gasteiger partial charge in [0.2, 0.25) is 0 Å². The average Bonchev–Trinajstić information content (AvgIpc) is 1.77. The Morgan fingerprint density at radius 3 is 1.00 bits per heavy atom. The number of hydrogen-bond donors (Lipinski definition) is 2. The van der Waals surface area contributed by atoms with E-state index in [0.29, 0.717) is 10.3 Å². The van der Waals surface area contributed by atoms with Crippen LogP contribution < -0.4 is 0 Å². The third kappa shape index (κ3) is 14.3. The van der Waals surface area contributed by atoms with E-state index in [9.17, 15) is 0 Å². The van der Waals surface area contributed by atoms with Crippen molar-refractivity contribution in [2.75, 3.05) is 6.66 Å². The lowest BCUT2D eigenvalue weighted by Crippen LogP contribution is -2.23. The molecule has 0 unspecified atom stereocenters. The fraction of sp³-hybridized carbons (Fsp3) is 1.00. The molecule has 6 heteroatoms. The molecule has 0 amide bonds. The van der Waals surface area contributed by atoms with Crippen molar-refractivity contribution in [1.82, 2.24) is 0 Å². The van der Waals surface area contributed by atoms with E-state index in [1.54, 1.807) is 0 Å². The SMILES string of the molecule is CP(C(C)(C)C)C(C)(C)C.O=S(=O)(O)O. The summed E-state index contributed by atoms with van der Waals surface area (Å²) < 4.78 is 31.6. The molecule has 0 aliphatic carbocycles. The molecule has 94 valence electrons. The molecule has 0 aromatic heterocycles. The van der Waals surface area contributed by atoms with Crippen LogP contribution in [0.1, 0.15) is 41.5 Å². The monoisotopic (exact) mass is 258 g/mol. The van der Waals surface area contributed by atoms with Crippen molar-refractivity contribution in [1.29, 1.82) is 0 Å². The molecule has 4 nitrogen and oxygen atoms in total. The van der Waals surface area contributed by atoms with Gasteiger partial charge in [-0.15, -0.1) is 0 Å². The summed E-state index contributed by atoms with van der Waals surface area (Å²) in [6, 6.07) is 0. The Labute approximate surface area is 94.8 Å². The first-order valence-electron chi connectivity index (χ1n) is 4.59. The van der Waals surface area contributed by atoms with E-state index < -0.39 is 10.4 Å². The zero-order valence-electron chi connectivity index (χ0n) is 10.6. The van der Waals surface area contributed by atoms with E-state index in [-0.39, 0.29) is 7.92 Å². The largest absolute Gasteiger partial charge is 0.394 e. The Hall–Kier alpha value is 0.300. The van der Waals surface area contributed by atoms with E-state index in [1.807, 2.05) is 0 Å². The second-order valence-electron chi connectivity index (χ2n) is 5.35. The molecule has 0 aromatic carbocycles. The van der Waals surface area contributed by atoms with Gasteiger partial charge in [0.15, 0.2) is 0 Å².